The second-order valence-corrected chi connectivity index (χ2v) is 4.43. The van der Waals surface area contributed by atoms with Gasteiger partial charge in [-0.2, -0.15) is 8.78 Å². The van der Waals surface area contributed by atoms with Crippen molar-refractivity contribution in [2.45, 2.75) is 26.6 Å². The summed E-state index contributed by atoms with van der Waals surface area (Å²) in [5.74, 6) is 0.173. The first kappa shape index (κ1) is 14.4. The molecule has 3 nitrogen and oxygen atoms in total. The van der Waals surface area contributed by atoms with Crippen molar-refractivity contribution in [3.05, 3.63) is 59.4 Å². The summed E-state index contributed by atoms with van der Waals surface area (Å²) in [6, 6.07) is 8.58. The Bertz CT molecular complexity index is 544. The summed E-state index contributed by atoms with van der Waals surface area (Å²) < 4.78 is 28.3. The summed E-state index contributed by atoms with van der Waals surface area (Å²) in [5, 5.41) is 3.29. The molecule has 2 rings (SSSR count). The topological polar surface area (TPSA) is 34.2 Å². The molecule has 0 radical (unpaired) electrons. The van der Waals surface area contributed by atoms with Crippen molar-refractivity contribution < 1.29 is 13.5 Å². The van der Waals surface area contributed by atoms with Crippen LogP contribution < -0.4 is 10.1 Å². The highest BCUT2D eigenvalue weighted by atomic mass is 19.3. The zero-order valence-electron chi connectivity index (χ0n) is 11.1. The molecule has 20 heavy (non-hydrogen) atoms. The van der Waals surface area contributed by atoms with Crippen LogP contribution in [-0.4, -0.2) is 11.6 Å². The number of nitrogens with zero attached hydrogens (tertiary/aromatic N) is 1. The number of rotatable bonds is 6. The number of hydrogen-bond acceptors (Lipinski definition) is 3. The average molecular weight is 278 g/mol. The van der Waals surface area contributed by atoms with Crippen molar-refractivity contribution in [2.75, 3.05) is 0 Å². The van der Waals surface area contributed by atoms with E-state index in [4.69, 9.17) is 0 Å². The molecule has 0 saturated heterocycles. The minimum atomic E-state index is -2.78. The SMILES string of the molecule is Cc1ccncc1CNCc1ccc(OC(F)F)cc1. The van der Waals surface area contributed by atoms with Crippen LogP contribution in [-0.2, 0) is 13.1 Å². The molecule has 0 aliphatic rings. The smallest absolute Gasteiger partial charge is 0.387 e. The van der Waals surface area contributed by atoms with Crippen LogP contribution in [0.1, 0.15) is 16.7 Å². The van der Waals surface area contributed by atoms with Crippen molar-refractivity contribution in [3.8, 4) is 5.75 Å². The van der Waals surface area contributed by atoms with Gasteiger partial charge in [0.2, 0.25) is 0 Å². The Kier molecular flexibility index (Phi) is 5.01. The first-order valence-corrected chi connectivity index (χ1v) is 6.29. The Morgan fingerprint density at radius 1 is 1.15 bits per heavy atom. The molecule has 0 aliphatic heterocycles. The average Bonchev–Trinajstić information content (AvgIpc) is 2.42. The molecular formula is C15H16F2N2O. The number of hydrogen-bond donors (Lipinski definition) is 1. The van der Waals surface area contributed by atoms with E-state index in [9.17, 15) is 8.78 Å². The van der Waals surface area contributed by atoms with Gasteiger partial charge in [-0.05, 0) is 41.8 Å². The van der Waals surface area contributed by atoms with E-state index in [2.05, 4.69) is 15.0 Å². The maximum atomic E-state index is 12.0. The lowest BCUT2D eigenvalue weighted by atomic mass is 10.1. The molecule has 1 heterocycles. The van der Waals surface area contributed by atoms with E-state index in [1.807, 2.05) is 19.2 Å². The molecule has 106 valence electrons. The van der Waals surface area contributed by atoms with Crippen LogP contribution in [0.4, 0.5) is 8.78 Å². The van der Waals surface area contributed by atoms with E-state index in [-0.39, 0.29) is 5.75 Å². The van der Waals surface area contributed by atoms with Crippen LogP contribution in [0.2, 0.25) is 0 Å². The van der Waals surface area contributed by atoms with Crippen LogP contribution in [0.3, 0.4) is 0 Å². The lowest BCUT2D eigenvalue weighted by molar-refractivity contribution is -0.0498. The molecule has 0 unspecified atom stereocenters. The minimum Gasteiger partial charge on any atom is -0.435 e. The molecular weight excluding hydrogens is 262 g/mol. The first-order chi connectivity index (χ1) is 9.65. The fourth-order valence-electron chi connectivity index (χ4n) is 1.81. The molecule has 0 fully saturated rings. The highest BCUT2D eigenvalue weighted by Gasteiger charge is 2.03. The number of benzene rings is 1. The molecule has 1 aromatic carbocycles. The molecule has 0 aliphatic carbocycles. The van der Waals surface area contributed by atoms with E-state index in [0.717, 1.165) is 17.7 Å². The third-order valence-electron chi connectivity index (χ3n) is 2.94. The quantitative estimate of drug-likeness (QED) is 0.880. The van der Waals surface area contributed by atoms with Gasteiger partial charge in [-0.3, -0.25) is 4.98 Å². The van der Waals surface area contributed by atoms with Gasteiger partial charge < -0.3 is 10.1 Å². The van der Waals surface area contributed by atoms with Gasteiger partial charge >= 0.3 is 6.61 Å². The molecule has 0 amide bonds. The van der Waals surface area contributed by atoms with Crippen molar-refractivity contribution in [3.63, 3.8) is 0 Å². The van der Waals surface area contributed by atoms with E-state index in [1.54, 1.807) is 30.5 Å². The third kappa shape index (κ3) is 4.28. The first-order valence-electron chi connectivity index (χ1n) is 6.29. The maximum Gasteiger partial charge on any atom is 0.387 e. The standard InChI is InChI=1S/C15H16F2N2O/c1-11-6-7-18-9-13(11)10-19-8-12-2-4-14(5-3-12)20-15(16)17/h2-7,9,15,19H,8,10H2,1H3. The van der Waals surface area contributed by atoms with Crippen LogP contribution in [0.5, 0.6) is 5.75 Å². The summed E-state index contributed by atoms with van der Waals surface area (Å²) in [4.78, 5) is 4.08. The number of alkyl halides is 2. The Balaban J connectivity index is 1.84. The van der Waals surface area contributed by atoms with Crippen LogP contribution in [0, 0.1) is 6.92 Å². The predicted octanol–water partition coefficient (Wildman–Crippen LogP) is 3.28. The summed E-state index contributed by atoms with van der Waals surface area (Å²) in [6.07, 6.45) is 3.60. The molecule has 0 bridgehead atoms. The van der Waals surface area contributed by atoms with Crippen molar-refractivity contribution in [1.29, 1.82) is 0 Å². The van der Waals surface area contributed by atoms with Crippen molar-refractivity contribution in [2.24, 2.45) is 0 Å². The summed E-state index contributed by atoms with van der Waals surface area (Å²) in [7, 11) is 0. The summed E-state index contributed by atoms with van der Waals surface area (Å²) >= 11 is 0. The summed E-state index contributed by atoms with van der Waals surface area (Å²) in [6.45, 7) is 0.625. The van der Waals surface area contributed by atoms with Gasteiger partial charge in [0.05, 0.1) is 0 Å². The Morgan fingerprint density at radius 2 is 1.90 bits per heavy atom. The van der Waals surface area contributed by atoms with Crippen LogP contribution in [0.25, 0.3) is 0 Å². The minimum absolute atomic E-state index is 0.173. The van der Waals surface area contributed by atoms with Gasteiger partial charge in [0.1, 0.15) is 5.75 Å². The number of aromatic nitrogens is 1. The van der Waals surface area contributed by atoms with Gasteiger partial charge in [-0.15, -0.1) is 0 Å². The van der Waals surface area contributed by atoms with E-state index in [1.165, 1.54) is 5.56 Å². The number of halogens is 2. The van der Waals surface area contributed by atoms with Gasteiger partial charge in [0.15, 0.2) is 0 Å². The molecule has 1 N–H and O–H groups in total. The second kappa shape index (κ2) is 6.96. The number of nitrogens with one attached hydrogen (secondary N) is 1. The Hall–Kier alpha value is -2.01. The Morgan fingerprint density at radius 3 is 2.55 bits per heavy atom. The molecule has 0 saturated carbocycles. The number of pyridine rings is 1. The normalized spacial score (nSPS) is 10.8. The second-order valence-electron chi connectivity index (χ2n) is 4.43. The largest absolute Gasteiger partial charge is 0.435 e. The lowest BCUT2D eigenvalue weighted by Gasteiger charge is -2.08. The fraction of sp³-hybridized carbons (Fsp3) is 0.267. The molecule has 5 heteroatoms. The molecule has 2 aromatic rings. The van der Waals surface area contributed by atoms with Crippen LogP contribution in [0.15, 0.2) is 42.7 Å². The van der Waals surface area contributed by atoms with Gasteiger partial charge in [-0.1, -0.05) is 12.1 Å². The highest BCUT2D eigenvalue weighted by molar-refractivity contribution is 5.27. The Labute approximate surface area is 116 Å². The van der Waals surface area contributed by atoms with Gasteiger partial charge in [0, 0.05) is 25.5 Å². The van der Waals surface area contributed by atoms with Gasteiger partial charge in [-0.25, -0.2) is 0 Å². The zero-order valence-corrected chi connectivity index (χ0v) is 11.1. The monoisotopic (exact) mass is 278 g/mol. The van der Waals surface area contributed by atoms with Crippen LogP contribution >= 0.6 is 0 Å². The van der Waals surface area contributed by atoms with Crippen molar-refractivity contribution in [1.82, 2.24) is 10.3 Å². The number of ether oxygens (including phenoxy) is 1. The van der Waals surface area contributed by atoms with Gasteiger partial charge in [0.25, 0.3) is 0 Å². The summed E-state index contributed by atoms with van der Waals surface area (Å²) in [5.41, 5.74) is 3.34. The van der Waals surface area contributed by atoms with E-state index < -0.39 is 6.61 Å². The van der Waals surface area contributed by atoms with E-state index in [0.29, 0.717) is 6.54 Å². The maximum absolute atomic E-state index is 12.0. The highest BCUT2D eigenvalue weighted by Crippen LogP contribution is 2.15. The van der Waals surface area contributed by atoms with Crippen molar-refractivity contribution >= 4 is 0 Å². The third-order valence-corrected chi connectivity index (χ3v) is 2.94. The van der Waals surface area contributed by atoms with E-state index >= 15 is 0 Å². The molecule has 0 atom stereocenters. The number of aryl methyl sites for hydroxylation is 1. The predicted molar refractivity (Wildman–Crippen MR) is 72.6 cm³/mol. The molecule has 0 spiro atoms. The lowest BCUT2D eigenvalue weighted by Crippen LogP contribution is -2.13. The molecule has 1 aromatic heterocycles. The fourth-order valence-corrected chi connectivity index (χ4v) is 1.81. The zero-order chi connectivity index (χ0) is 14.4.